The first-order chi connectivity index (χ1) is 7.68. The normalized spacial score (nSPS) is 12.9. The fourth-order valence-corrected chi connectivity index (χ4v) is 1.46. The summed E-state index contributed by atoms with van der Waals surface area (Å²) in [6, 6.07) is 2.82. The molecule has 0 aliphatic rings. The molecule has 17 heavy (non-hydrogen) atoms. The summed E-state index contributed by atoms with van der Waals surface area (Å²) >= 11 is 0. The predicted octanol–water partition coefficient (Wildman–Crippen LogP) is 3.01. The Labute approximate surface area is 96.3 Å². The summed E-state index contributed by atoms with van der Waals surface area (Å²) in [4.78, 5) is 4.45. The molecule has 0 atom stereocenters. The van der Waals surface area contributed by atoms with Crippen LogP contribution in [0, 0.1) is 5.82 Å². The third kappa shape index (κ3) is 3.17. The first-order valence-corrected chi connectivity index (χ1v) is 4.87. The molecule has 0 unspecified atom stereocenters. The van der Waals surface area contributed by atoms with Crippen LogP contribution in [0.15, 0.2) is 18.2 Å². The molecular formula is C11H13F4NO. The van der Waals surface area contributed by atoms with E-state index in [0.29, 0.717) is 5.56 Å². The molecule has 0 saturated heterocycles. The van der Waals surface area contributed by atoms with E-state index in [1.54, 1.807) is 13.8 Å². The third-order valence-corrected chi connectivity index (χ3v) is 2.50. The standard InChI is InChI=1S/C11H13F4NO/c1-10(2,6-17-16)7-3-4-8(9(12)5-7)11(13,14)15/h3-5H,6,16H2,1-2H3. The van der Waals surface area contributed by atoms with Crippen LogP contribution in [0.4, 0.5) is 17.6 Å². The van der Waals surface area contributed by atoms with Crippen LogP contribution in [0.3, 0.4) is 0 Å². The van der Waals surface area contributed by atoms with E-state index in [9.17, 15) is 17.6 Å². The van der Waals surface area contributed by atoms with E-state index in [0.717, 1.165) is 12.1 Å². The van der Waals surface area contributed by atoms with E-state index in [-0.39, 0.29) is 6.61 Å². The van der Waals surface area contributed by atoms with Gasteiger partial charge in [0.1, 0.15) is 5.82 Å². The molecule has 1 aromatic carbocycles. The van der Waals surface area contributed by atoms with Gasteiger partial charge in [0.25, 0.3) is 0 Å². The summed E-state index contributed by atoms with van der Waals surface area (Å²) in [7, 11) is 0. The van der Waals surface area contributed by atoms with Crippen LogP contribution in [0.5, 0.6) is 0 Å². The Morgan fingerprint density at radius 2 is 1.82 bits per heavy atom. The molecule has 1 aromatic rings. The zero-order valence-corrected chi connectivity index (χ0v) is 9.44. The Morgan fingerprint density at radius 3 is 2.24 bits per heavy atom. The molecule has 0 aliphatic carbocycles. The van der Waals surface area contributed by atoms with E-state index in [1.807, 2.05) is 0 Å². The Morgan fingerprint density at radius 1 is 1.24 bits per heavy atom. The number of alkyl halides is 3. The molecule has 1 rings (SSSR count). The molecular weight excluding hydrogens is 238 g/mol. The maximum atomic E-state index is 13.3. The number of benzene rings is 1. The van der Waals surface area contributed by atoms with Crippen molar-refractivity contribution in [1.29, 1.82) is 0 Å². The fourth-order valence-electron chi connectivity index (χ4n) is 1.46. The third-order valence-electron chi connectivity index (χ3n) is 2.50. The van der Waals surface area contributed by atoms with Gasteiger partial charge in [-0.05, 0) is 17.7 Å². The molecule has 0 aliphatic heterocycles. The van der Waals surface area contributed by atoms with Crippen LogP contribution in [0.25, 0.3) is 0 Å². The van der Waals surface area contributed by atoms with Crippen LogP contribution >= 0.6 is 0 Å². The molecule has 0 heterocycles. The molecule has 0 amide bonds. The zero-order chi connectivity index (χ0) is 13.3. The van der Waals surface area contributed by atoms with Crippen LogP contribution in [0.2, 0.25) is 0 Å². The Kier molecular flexibility index (Phi) is 3.78. The summed E-state index contributed by atoms with van der Waals surface area (Å²) in [5.74, 6) is 3.62. The van der Waals surface area contributed by atoms with Gasteiger partial charge in [-0.1, -0.05) is 19.9 Å². The molecule has 0 saturated carbocycles. The maximum Gasteiger partial charge on any atom is 0.419 e. The van der Waals surface area contributed by atoms with E-state index < -0.39 is 23.0 Å². The SMILES string of the molecule is CC(C)(CON)c1ccc(C(F)(F)F)c(F)c1. The lowest BCUT2D eigenvalue weighted by molar-refractivity contribution is -0.140. The number of halogens is 4. The van der Waals surface area contributed by atoms with Gasteiger partial charge in [-0.3, -0.25) is 0 Å². The number of rotatable bonds is 3. The molecule has 0 radical (unpaired) electrons. The maximum absolute atomic E-state index is 13.3. The van der Waals surface area contributed by atoms with Crippen LogP contribution in [0.1, 0.15) is 25.0 Å². The van der Waals surface area contributed by atoms with Crippen molar-refractivity contribution < 1.29 is 22.4 Å². The van der Waals surface area contributed by atoms with Crippen molar-refractivity contribution in [3.8, 4) is 0 Å². The van der Waals surface area contributed by atoms with Crippen LogP contribution < -0.4 is 5.90 Å². The molecule has 0 bridgehead atoms. The zero-order valence-electron chi connectivity index (χ0n) is 9.44. The lowest BCUT2D eigenvalue weighted by Crippen LogP contribution is -2.26. The van der Waals surface area contributed by atoms with Gasteiger partial charge in [0.15, 0.2) is 0 Å². The number of hydrogen-bond donors (Lipinski definition) is 1. The Hall–Kier alpha value is -1.14. The predicted molar refractivity (Wildman–Crippen MR) is 54.6 cm³/mol. The van der Waals surface area contributed by atoms with Crippen molar-refractivity contribution >= 4 is 0 Å². The topological polar surface area (TPSA) is 35.2 Å². The molecule has 0 fully saturated rings. The van der Waals surface area contributed by atoms with Crippen molar-refractivity contribution in [3.05, 3.63) is 35.1 Å². The second-order valence-electron chi connectivity index (χ2n) is 4.39. The fraction of sp³-hybridized carbons (Fsp3) is 0.455. The minimum Gasteiger partial charge on any atom is -0.304 e. The summed E-state index contributed by atoms with van der Waals surface area (Å²) in [6.45, 7) is 3.47. The minimum atomic E-state index is -4.68. The van der Waals surface area contributed by atoms with Crippen molar-refractivity contribution in [1.82, 2.24) is 0 Å². The molecule has 96 valence electrons. The summed E-state index contributed by atoms with van der Waals surface area (Å²) in [6.07, 6.45) is -4.68. The first-order valence-electron chi connectivity index (χ1n) is 4.87. The van der Waals surface area contributed by atoms with Gasteiger partial charge in [0.2, 0.25) is 0 Å². The van der Waals surface area contributed by atoms with Gasteiger partial charge in [-0.15, -0.1) is 0 Å². The van der Waals surface area contributed by atoms with Crippen molar-refractivity contribution in [2.75, 3.05) is 6.61 Å². The summed E-state index contributed by atoms with van der Waals surface area (Å²) < 4.78 is 50.3. The van der Waals surface area contributed by atoms with Gasteiger partial charge in [0.05, 0.1) is 12.2 Å². The lowest BCUT2D eigenvalue weighted by atomic mass is 9.85. The highest BCUT2D eigenvalue weighted by Gasteiger charge is 2.34. The second kappa shape index (κ2) is 4.62. The smallest absolute Gasteiger partial charge is 0.304 e. The Balaban J connectivity index is 3.13. The highest BCUT2D eigenvalue weighted by Crippen LogP contribution is 2.33. The summed E-state index contributed by atoms with van der Waals surface area (Å²) in [5.41, 5.74) is -1.53. The molecule has 0 spiro atoms. The number of hydrogen-bond acceptors (Lipinski definition) is 2. The van der Waals surface area contributed by atoms with Crippen molar-refractivity contribution in [2.24, 2.45) is 5.90 Å². The lowest BCUT2D eigenvalue weighted by Gasteiger charge is -2.24. The van der Waals surface area contributed by atoms with E-state index in [1.165, 1.54) is 6.07 Å². The van der Waals surface area contributed by atoms with Gasteiger partial charge >= 0.3 is 6.18 Å². The summed E-state index contributed by atoms with van der Waals surface area (Å²) in [5, 5.41) is 0. The van der Waals surface area contributed by atoms with E-state index in [2.05, 4.69) is 4.84 Å². The van der Waals surface area contributed by atoms with Crippen molar-refractivity contribution in [2.45, 2.75) is 25.4 Å². The highest BCUT2D eigenvalue weighted by atomic mass is 19.4. The van der Waals surface area contributed by atoms with E-state index in [4.69, 9.17) is 5.90 Å². The van der Waals surface area contributed by atoms with Gasteiger partial charge in [0, 0.05) is 5.41 Å². The molecule has 2 nitrogen and oxygen atoms in total. The Bertz CT molecular complexity index is 401. The average molecular weight is 251 g/mol. The quantitative estimate of drug-likeness (QED) is 0.662. The molecule has 6 heteroatoms. The van der Waals surface area contributed by atoms with Gasteiger partial charge in [-0.2, -0.15) is 13.2 Å². The van der Waals surface area contributed by atoms with E-state index >= 15 is 0 Å². The first kappa shape index (κ1) is 13.9. The van der Waals surface area contributed by atoms with Crippen LogP contribution in [-0.4, -0.2) is 6.61 Å². The minimum absolute atomic E-state index is 0.0812. The van der Waals surface area contributed by atoms with Crippen LogP contribution in [-0.2, 0) is 16.4 Å². The van der Waals surface area contributed by atoms with Gasteiger partial charge in [-0.25, -0.2) is 10.3 Å². The largest absolute Gasteiger partial charge is 0.419 e. The second-order valence-corrected chi connectivity index (χ2v) is 4.39. The molecule has 2 N–H and O–H groups in total. The number of nitrogens with two attached hydrogens (primary N) is 1. The highest BCUT2D eigenvalue weighted by molar-refractivity contribution is 5.31. The average Bonchev–Trinajstić information content (AvgIpc) is 2.15. The van der Waals surface area contributed by atoms with Gasteiger partial charge < -0.3 is 4.84 Å². The van der Waals surface area contributed by atoms with Crippen molar-refractivity contribution in [3.63, 3.8) is 0 Å². The molecule has 0 aromatic heterocycles. The monoisotopic (exact) mass is 251 g/mol.